The number of hydrogen-bond acceptors (Lipinski definition) is 4. The third kappa shape index (κ3) is 6.70. The molecule has 1 saturated carbocycles. The second kappa shape index (κ2) is 8.20. The van der Waals surface area contributed by atoms with Crippen LogP contribution >= 0.6 is 0 Å². The van der Waals surface area contributed by atoms with Gasteiger partial charge in [-0.2, -0.15) is 0 Å². The van der Waals surface area contributed by atoms with E-state index in [0.717, 1.165) is 32.0 Å². The lowest BCUT2D eigenvalue weighted by Crippen LogP contribution is -2.29. The Balaban J connectivity index is 1.41. The van der Waals surface area contributed by atoms with Crippen molar-refractivity contribution in [2.45, 2.75) is 57.8 Å². The molecule has 1 N–H and O–H groups in total. The number of hydrogen-bond donors (Lipinski definition) is 1. The van der Waals surface area contributed by atoms with E-state index in [1.54, 1.807) is 0 Å². The molecule has 0 bridgehead atoms. The summed E-state index contributed by atoms with van der Waals surface area (Å²) in [4.78, 5) is 0. The van der Waals surface area contributed by atoms with Crippen LogP contribution in [0.25, 0.3) is 0 Å². The zero-order valence-electron chi connectivity index (χ0n) is 12.4. The minimum Gasteiger partial charge on any atom is -0.379 e. The molecule has 1 saturated heterocycles. The van der Waals surface area contributed by atoms with Gasteiger partial charge in [-0.25, -0.2) is 0 Å². The van der Waals surface area contributed by atoms with Gasteiger partial charge in [0.15, 0.2) is 0 Å². The third-order valence-corrected chi connectivity index (χ3v) is 3.53. The van der Waals surface area contributed by atoms with Crippen molar-refractivity contribution >= 4 is 0 Å². The molecule has 2 aliphatic rings. The minimum absolute atomic E-state index is 0.288. The Morgan fingerprint density at radius 3 is 2.53 bits per heavy atom. The van der Waals surface area contributed by atoms with Crippen LogP contribution in [0.2, 0.25) is 0 Å². The molecule has 1 heterocycles. The molecule has 2 unspecified atom stereocenters. The SMILES string of the molecule is CC(C)COCCOCC1CCC(CNC2CC2)O1. The summed E-state index contributed by atoms with van der Waals surface area (Å²) in [5, 5.41) is 3.53. The van der Waals surface area contributed by atoms with Crippen LogP contribution in [0.5, 0.6) is 0 Å². The van der Waals surface area contributed by atoms with Crippen molar-refractivity contribution in [3.63, 3.8) is 0 Å². The summed E-state index contributed by atoms with van der Waals surface area (Å²) in [6.45, 7) is 8.23. The van der Waals surface area contributed by atoms with E-state index in [1.165, 1.54) is 12.8 Å². The molecule has 0 aromatic heterocycles. The van der Waals surface area contributed by atoms with Crippen LogP contribution in [0.1, 0.15) is 39.5 Å². The molecule has 1 aliphatic carbocycles. The molecule has 0 aromatic carbocycles. The van der Waals surface area contributed by atoms with Gasteiger partial charge in [-0.15, -0.1) is 0 Å². The molecule has 2 atom stereocenters. The average molecular weight is 271 g/mol. The molecular weight excluding hydrogens is 242 g/mol. The van der Waals surface area contributed by atoms with E-state index in [2.05, 4.69) is 19.2 Å². The Morgan fingerprint density at radius 2 is 1.79 bits per heavy atom. The maximum atomic E-state index is 5.96. The molecule has 4 heteroatoms. The van der Waals surface area contributed by atoms with Crippen molar-refractivity contribution < 1.29 is 14.2 Å². The molecule has 0 radical (unpaired) electrons. The first-order chi connectivity index (χ1) is 9.24. The Hall–Kier alpha value is -0.160. The summed E-state index contributed by atoms with van der Waals surface area (Å²) in [7, 11) is 0. The van der Waals surface area contributed by atoms with Crippen molar-refractivity contribution in [2.24, 2.45) is 5.92 Å². The summed E-state index contributed by atoms with van der Waals surface area (Å²) in [6.07, 6.45) is 5.66. The van der Waals surface area contributed by atoms with E-state index in [1.807, 2.05) is 0 Å². The minimum atomic E-state index is 0.288. The quantitative estimate of drug-likeness (QED) is 0.617. The van der Waals surface area contributed by atoms with Crippen LogP contribution in [0.3, 0.4) is 0 Å². The molecule has 0 amide bonds. The van der Waals surface area contributed by atoms with Crippen LogP contribution in [-0.2, 0) is 14.2 Å². The molecule has 1 aliphatic heterocycles. The lowest BCUT2D eigenvalue weighted by atomic mass is 10.2. The van der Waals surface area contributed by atoms with Crippen LogP contribution in [-0.4, -0.2) is 51.2 Å². The van der Waals surface area contributed by atoms with Crippen LogP contribution in [0.4, 0.5) is 0 Å². The fraction of sp³-hybridized carbons (Fsp3) is 1.00. The summed E-state index contributed by atoms with van der Waals surface area (Å²) < 4.78 is 17.0. The van der Waals surface area contributed by atoms with Gasteiger partial charge in [0.25, 0.3) is 0 Å². The van der Waals surface area contributed by atoms with Crippen LogP contribution < -0.4 is 5.32 Å². The largest absolute Gasteiger partial charge is 0.379 e. The second-order valence-corrected chi connectivity index (χ2v) is 6.18. The zero-order valence-corrected chi connectivity index (χ0v) is 12.4. The Labute approximate surface area is 117 Å². The summed E-state index contributed by atoms with van der Waals surface area (Å²) >= 11 is 0. The van der Waals surface area contributed by atoms with Crippen molar-refractivity contribution in [3.8, 4) is 0 Å². The Morgan fingerprint density at radius 1 is 1.05 bits per heavy atom. The first kappa shape index (κ1) is 15.2. The topological polar surface area (TPSA) is 39.7 Å². The van der Waals surface area contributed by atoms with Gasteiger partial charge in [-0.3, -0.25) is 0 Å². The Bertz CT molecular complexity index is 244. The van der Waals surface area contributed by atoms with Gasteiger partial charge in [0.1, 0.15) is 0 Å². The molecule has 112 valence electrons. The number of rotatable bonds is 10. The van der Waals surface area contributed by atoms with Crippen molar-refractivity contribution in [3.05, 3.63) is 0 Å². The first-order valence-electron chi connectivity index (χ1n) is 7.78. The average Bonchev–Trinajstić information content (AvgIpc) is 3.10. The molecule has 4 nitrogen and oxygen atoms in total. The summed E-state index contributed by atoms with van der Waals surface area (Å²) in [5.41, 5.74) is 0. The standard InChI is InChI=1S/C15H29NO3/c1-12(2)10-17-7-8-18-11-15-6-5-14(19-15)9-16-13-3-4-13/h12-16H,3-11H2,1-2H3. The van der Waals surface area contributed by atoms with E-state index in [9.17, 15) is 0 Å². The molecule has 2 rings (SSSR count). The van der Waals surface area contributed by atoms with E-state index in [-0.39, 0.29) is 6.10 Å². The molecular formula is C15H29NO3. The van der Waals surface area contributed by atoms with E-state index >= 15 is 0 Å². The van der Waals surface area contributed by atoms with Gasteiger partial charge in [0, 0.05) is 19.2 Å². The van der Waals surface area contributed by atoms with Crippen molar-refractivity contribution in [1.29, 1.82) is 0 Å². The fourth-order valence-corrected chi connectivity index (χ4v) is 2.29. The molecule has 19 heavy (non-hydrogen) atoms. The lowest BCUT2D eigenvalue weighted by Gasteiger charge is -2.14. The highest BCUT2D eigenvalue weighted by Gasteiger charge is 2.27. The van der Waals surface area contributed by atoms with Gasteiger partial charge < -0.3 is 19.5 Å². The highest BCUT2D eigenvalue weighted by molar-refractivity contribution is 4.84. The van der Waals surface area contributed by atoms with Gasteiger partial charge >= 0.3 is 0 Å². The Kier molecular flexibility index (Phi) is 6.57. The fourth-order valence-electron chi connectivity index (χ4n) is 2.29. The maximum absolute atomic E-state index is 5.96. The summed E-state index contributed by atoms with van der Waals surface area (Å²) in [6, 6.07) is 0.775. The predicted molar refractivity (Wildman–Crippen MR) is 75.4 cm³/mol. The van der Waals surface area contributed by atoms with Gasteiger partial charge in [0.2, 0.25) is 0 Å². The predicted octanol–water partition coefficient (Wildman–Crippen LogP) is 1.98. The van der Waals surface area contributed by atoms with E-state index in [4.69, 9.17) is 14.2 Å². The highest BCUT2D eigenvalue weighted by atomic mass is 16.6. The smallest absolute Gasteiger partial charge is 0.0813 e. The highest BCUT2D eigenvalue weighted by Crippen LogP contribution is 2.22. The molecule has 2 fully saturated rings. The second-order valence-electron chi connectivity index (χ2n) is 6.18. The van der Waals surface area contributed by atoms with E-state index < -0.39 is 0 Å². The summed E-state index contributed by atoms with van der Waals surface area (Å²) in [5.74, 6) is 0.595. The van der Waals surface area contributed by atoms with Gasteiger partial charge in [-0.05, 0) is 31.6 Å². The van der Waals surface area contributed by atoms with Crippen LogP contribution in [0, 0.1) is 5.92 Å². The first-order valence-corrected chi connectivity index (χ1v) is 7.78. The van der Waals surface area contributed by atoms with Crippen LogP contribution in [0.15, 0.2) is 0 Å². The third-order valence-electron chi connectivity index (χ3n) is 3.53. The normalized spacial score (nSPS) is 27.3. The maximum Gasteiger partial charge on any atom is 0.0813 e. The van der Waals surface area contributed by atoms with Gasteiger partial charge in [0.05, 0.1) is 32.0 Å². The number of nitrogens with one attached hydrogen (secondary N) is 1. The monoisotopic (exact) mass is 271 g/mol. The molecule has 0 aromatic rings. The lowest BCUT2D eigenvalue weighted by molar-refractivity contribution is -0.0303. The zero-order chi connectivity index (χ0) is 13.5. The van der Waals surface area contributed by atoms with Crippen molar-refractivity contribution in [2.75, 3.05) is 33.0 Å². The van der Waals surface area contributed by atoms with Crippen molar-refractivity contribution in [1.82, 2.24) is 5.32 Å². The molecule has 0 spiro atoms. The number of ether oxygens (including phenoxy) is 3. The van der Waals surface area contributed by atoms with Gasteiger partial charge in [-0.1, -0.05) is 13.8 Å². The van der Waals surface area contributed by atoms with E-state index in [0.29, 0.717) is 31.8 Å².